The highest BCUT2D eigenvalue weighted by atomic mass is 35.5. The van der Waals surface area contributed by atoms with Crippen molar-refractivity contribution in [3.63, 3.8) is 0 Å². The van der Waals surface area contributed by atoms with Gasteiger partial charge in [-0.3, -0.25) is 22.8 Å². The third kappa shape index (κ3) is 12.3. The molecule has 38 heteroatoms. The van der Waals surface area contributed by atoms with Crippen LogP contribution in [0.5, 0.6) is 23.0 Å². The number of halogens is 2. The van der Waals surface area contributed by atoms with E-state index in [1.807, 2.05) is 0 Å². The number of rotatable bonds is 17. The lowest BCUT2D eigenvalue weighted by Gasteiger charge is -2.25. The second-order valence-corrected chi connectivity index (χ2v) is 26.5. The summed E-state index contributed by atoms with van der Waals surface area (Å²) in [6.07, 6.45) is 0. The van der Waals surface area contributed by atoms with Gasteiger partial charge in [-0.15, -0.1) is 0 Å². The van der Waals surface area contributed by atoms with Gasteiger partial charge in [0.15, 0.2) is 42.6 Å². The van der Waals surface area contributed by atoms with E-state index in [0.717, 1.165) is 36.4 Å². The Morgan fingerprint density at radius 1 is 0.543 bits per heavy atom. The minimum absolute atomic E-state index is 0.0378. The number of nitrogens with two attached hydrogens (primary N) is 1. The number of nitrogen functional groups attached to an aromatic ring is 1. The van der Waals surface area contributed by atoms with Crippen LogP contribution in [0.15, 0.2) is 113 Å². The molecule has 0 aliphatic carbocycles. The highest BCUT2D eigenvalue weighted by molar-refractivity contribution is 7.91. The van der Waals surface area contributed by atoms with Crippen LogP contribution in [0.1, 0.15) is 11.1 Å². The van der Waals surface area contributed by atoms with Crippen molar-refractivity contribution in [3.8, 4) is 23.0 Å². The Morgan fingerprint density at radius 2 is 1.06 bits per heavy atom. The summed E-state index contributed by atoms with van der Waals surface area (Å²) in [6.45, 7) is 2.28. The van der Waals surface area contributed by atoms with Crippen LogP contribution in [0.4, 0.5) is 63.3 Å². The number of benzene rings is 6. The van der Waals surface area contributed by atoms with Crippen molar-refractivity contribution in [2.75, 3.05) is 39.4 Å². The first kappa shape index (κ1) is 58.2. The second-order valence-electron chi connectivity index (χ2n) is 17.0. The molecule has 0 atom stereocenters. The van der Waals surface area contributed by atoms with Crippen LogP contribution in [0.3, 0.4) is 0 Å². The number of sulfone groups is 1. The molecule has 2 aliphatic rings. The lowest BCUT2D eigenvalue weighted by Crippen LogP contribution is -2.24. The monoisotopic (exact) mass is 1270 g/mol. The van der Waals surface area contributed by atoms with E-state index in [1.54, 1.807) is 19.9 Å². The Kier molecular flexibility index (Phi) is 15.0. The highest BCUT2D eigenvalue weighted by Gasteiger charge is 2.38. The summed E-state index contributed by atoms with van der Waals surface area (Å²) in [5.74, 6) is -5.08. The Bertz CT molecular complexity index is 4760. The molecule has 0 bridgehead atoms. The fourth-order valence-corrected chi connectivity index (χ4v) is 12.7. The van der Waals surface area contributed by atoms with Gasteiger partial charge in [0.25, 0.3) is 40.5 Å². The molecule has 11 N–H and O–H groups in total. The third-order valence-corrected chi connectivity index (χ3v) is 17.8. The Balaban J connectivity index is 1.14. The van der Waals surface area contributed by atoms with Crippen LogP contribution in [-0.2, 0) is 64.9 Å². The molecule has 2 aliphatic heterocycles. The first-order valence-electron chi connectivity index (χ1n) is 21.9. The van der Waals surface area contributed by atoms with Gasteiger partial charge in [-0.25, -0.2) is 22.6 Å². The van der Waals surface area contributed by atoms with E-state index in [2.05, 4.69) is 50.4 Å². The van der Waals surface area contributed by atoms with E-state index in [1.165, 1.54) is 30.3 Å². The quantitative estimate of drug-likeness (QED) is 0.0366. The molecular formula is C43H34Cl2N10O20S6. The van der Waals surface area contributed by atoms with Crippen LogP contribution in [0.2, 0.25) is 10.0 Å². The number of hydrogen-bond donors (Lipinski definition) is 10. The summed E-state index contributed by atoms with van der Waals surface area (Å²) in [5.41, 5.74) is 4.69. The number of aryl methyl sites for hydroxylation is 2. The number of nitrogens with one attached hydrogen (secondary N) is 4. The van der Waals surface area contributed by atoms with Gasteiger partial charge < -0.3 is 36.5 Å². The molecule has 0 spiro atoms. The molecular weight excluding hydrogens is 1240 g/mol. The molecule has 0 unspecified atom stereocenters. The average molecular weight is 1270 g/mol. The SMILES string of the molecule is Cc1cc(C)c(Nc2c(S(=O)(=O)O)cc3c(c2S(=O)(=O)O)Oc2c(Cl)c4c(c(Cl)c2=N3)Oc2c(ccc(Nc3nc(Nc5cccc(S(=O)(=O)O)c5)nc(Nc5cccc(S(=O)(=O)CCOS(=O)(=O)O)c5)n3)c2S(=O)(=O)O)N=4)cc1N. The molecule has 426 valence electrons. The number of hydrogen-bond acceptors (Lipinski definition) is 25. The fraction of sp³-hybridized carbons (Fsp3) is 0.0930. The van der Waals surface area contributed by atoms with Crippen molar-refractivity contribution in [3.05, 3.63) is 111 Å². The van der Waals surface area contributed by atoms with E-state index in [0.29, 0.717) is 17.2 Å². The number of anilines is 9. The first-order valence-corrected chi connectivity index (χ1v) is 31.5. The van der Waals surface area contributed by atoms with E-state index >= 15 is 0 Å². The van der Waals surface area contributed by atoms with Crippen molar-refractivity contribution >= 4 is 147 Å². The number of ether oxygens (including phenoxy) is 2. The molecule has 81 heavy (non-hydrogen) atoms. The van der Waals surface area contributed by atoms with Crippen LogP contribution in [0, 0.1) is 13.8 Å². The smallest absolute Gasteiger partial charge is 0.397 e. The maximum absolute atomic E-state index is 13.4. The van der Waals surface area contributed by atoms with Gasteiger partial charge in [-0.1, -0.05) is 41.4 Å². The summed E-state index contributed by atoms with van der Waals surface area (Å²) in [5, 5.41) is 8.51. The molecule has 0 amide bonds. The lowest BCUT2D eigenvalue weighted by atomic mass is 10.1. The van der Waals surface area contributed by atoms with Crippen molar-refractivity contribution in [2.24, 2.45) is 9.98 Å². The van der Waals surface area contributed by atoms with E-state index < -0.39 is 171 Å². The van der Waals surface area contributed by atoms with Crippen LogP contribution < -0.4 is 47.2 Å². The van der Waals surface area contributed by atoms with Gasteiger partial charge >= 0.3 is 10.4 Å². The molecule has 0 saturated carbocycles. The molecule has 30 nitrogen and oxygen atoms in total. The van der Waals surface area contributed by atoms with Gasteiger partial charge in [0.05, 0.1) is 33.5 Å². The van der Waals surface area contributed by atoms with Crippen molar-refractivity contribution in [2.45, 2.75) is 38.3 Å². The molecule has 1 aromatic heterocycles. The number of nitrogens with zero attached hydrogens (tertiary/aromatic N) is 5. The van der Waals surface area contributed by atoms with Crippen molar-refractivity contribution in [1.82, 2.24) is 15.0 Å². The topological polar surface area (TPSA) is 471 Å². The summed E-state index contributed by atoms with van der Waals surface area (Å²) < 4.78 is 218. The Hall–Kier alpha value is -7.43. The summed E-state index contributed by atoms with van der Waals surface area (Å²) in [7, 11) is -30.4. The van der Waals surface area contributed by atoms with Gasteiger partial charge in [-0.05, 0) is 85.6 Å². The van der Waals surface area contributed by atoms with E-state index in [9.17, 15) is 68.7 Å². The zero-order valence-electron chi connectivity index (χ0n) is 40.3. The number of aromatic nitrogens is 3. The summed E-state index contributed by atoms with van der Waals surface area (Å²) in [4.78, 5) is 16.9. The second kappa shape index (κ2) is 20.8. The molecule has 9 rings (SSSR count). The first-order chi connectivity index (χ1) is 37.6. The Labute approximate surface area is 467 Å². The van der Waals surface area contributed by atoms with Crippen LogP contribution in [-0.4, -0.2) is 101 Å². The summed E-state index contributed by atoms with van der Waals surface area (Å²) >= 11 is 13.7. The van der Waals surface area contributed by atoms with Crippen LogP contribution >= 0.6 is 23.2 Å². The minimum atomic E-state index is -5.55. The van der Waals surface area contributed by atoms with Crippen molar-refractivity contribution < 1.29 is 86.9 Å². The zero-order valence-corrected chi connectivity index (χ0v) is 46.7. The largest absolute Gasteiger partial charge is 0.450 e. The highest BCUT2D eigenvalue weighted by Crippen LogP contribution is 2.51. The predicted octanol–water partition coefficient (Wildman–Crippen LogP) is 6.05. The normalized spacial score (nSPS) is 13.2. The zero-order chi connectivity index (χ0) is 59.1. The Morgan fingerprint density at radius 3 is 1.59 bits per heavy atom. The fourth-order valence-electron chi connectivity index (χ4n) is 7.83. The van der Waals surface area contributed by atoms with Crippen LogP contribution in [0.25, 0.3) is 0 Å². The average Bonchev–Trinajstić information content (AvgIpc) is 3.55. The third-order valence-electron chi connectivity index (χ3n) is 11.4. The maximum atomic E-state index is 13.4. The molecule has 0 radical (unpaired) electrons. The van der Waals surface area contributed by atoms with Gasteiger partial charge in [0.1, 0.15) is 37.0 Å². The van der Waals surface area contributed by atoms with E-state index in [-0.39, 0.29) is 33.3 Å². The van der Waals surface area contributed by atoms with Gasteiger partial charge in [0.2, 0.25) is 17.8 Å². The molecule has 0 fully saturated rings. The predicted molar refractivity (Wildman–Crippen MR) is 286 cm³/mol. The lowest BCUT2D eigenvalue weighted by molar-refractivity contribution is 0.284. The van der Waals surface area contributed by atoms with Gasteiger partial charge in [-0.2, -0.15) is 57.0 Å². The molecule has 3 heterocycles. The molecule has 6 aromatic carbocycles. The maximum Gasteiger partial charge on any atom is 0.397 e. The standard InChI is InChI=1S/C43H34Cl2N10O20S6/c1-18-13-19(2)27(16-24(18)46)50-32-29(78(61,62)63)17-28-36(40(32)80(67,68)69)75-38-30(44)33-37(31(45)34(38)51-28)74-35-25(49-33)9-10-26(39(35)79(64,65)66)52-43-54-41(53-42(55-43)48-21-6-4-8-23(15-21)77(58,59)60)47-20-5-3-7-22(14-20)76(56,57)12-11-73-81(70,71)72/h3-10,13-17,50H,11-12,46H2,1-2H3,(H,58,59,60)(H,61,62,63)(H,64,65,66)(H,67,68,69)(H,70,71,72)(H3,47,48,52,53,54,55). The number of fused-ring (bicyclic) bond motifs is 4. The van der Waals surface area contributed by atoms with E-state index in [4.69, 9.17) is 43.0 Å². The minimum Gasteiger partial charge on any atom is -0.450 e. The summed E-state index contributed by atoms with van der Waals surface area (Å²) in [6, 6.07) is 15.2. The molecule has 0 saturated heterocycles. The van der Waals surface area contributed by atoms with Crippen molar-refractivity contribution in [1.29, 1.82) is 0 Å². The molecule has 7 aromatic rings. The van der Waals surface area contributed by atoms with Gasteiger partial charge in [0, 0.05) is 22.7 Å².